The molecule has 0 spiro atoms. The van der Waals surface area contributed by atoms with E-state index in [1.165, 1.54) is 0 Å². The lowest BCUT2D eigenvalue weighted by Crippen LogP contribution is -2.38. The molecule has 1 unspecified atom stereocenters. The van der Waals surface area contributed by atoms with Gasteiger partial charge in [0.2, 0.25) is 0 Å². The van der Waals surface area contributed by atoms with Crippen molar-refractivity contribution in [2.75, 3.05) is 33.2 Å². The number of carboxylic acids is 1. The molecule has 4 heteroatoms. The Morgan fingerprint density at radius 1 is 1.60 bits per heavy atom. The first kappa shape index (κ1) is 12.5. The van der Waals surface area contributed by atoms with Crippen LogP contribution in [0.15, 0.2) is 0 Å². The largest absolute Gasteiger partial charge is 0.480 e. The Labute approximate surface area is 91.9 Å². The number of carbonyl (C=O) groups is 1. The molecule has 0 aromatic heterocycles. The SMILES string of the molecule is CC(C)CN1CCC(N(C)CC(=O)O)C1. The van der Waals surface area contributed by atoms with Gasteiger partial charge in [-0.3, -0.25) is 9.69 Å². The van der Waals surface area contributed by atoms with Crippen LogP contribution in [0.5, 0.6) is 0 Å². The molecule has 1 fully saturated rings. The Hall–Kier alpha value is -0.610. The molecule has 0 bridgehead atoms. The quantitative estimate of drug-likeness (QED) is 0.733. The van der Waals surface area contributed by atoms with E-state index in [1.54, 1.807) is 0 Å². The van der Waals surface area contributed by atoms with Gasteiger partial charge >= 0.3 is 5.97 Å². The molecule has 0 aromatic rings. The summed E-state index contributed by atoms with van der Waals surface area (Å²) in [7, 11) is 1.90. The molecule has 1 rings (SSSR count). The minimum absolute atomic E-state index is 0.153. The number of likely N-dealkylation sites (tertiary alicyclic amines) is 1. The van der Waals surface area contributed by atoms with Gasteiger partial charge in [0.1, 0.15) is 0 Å². The Morgan fingerprint density at radius 2 is 2.27 bits per heavy atom. The first-order valence-corrected chi connectivity index (χ1v) is 5.63. The molecule has 1 N–H and O–H groups in total. The van der Waals surface area contributed by atoms with Crippen LogP contribution in [0.3, 0.4) is 0 Å². The highest BCUT2D eigenvalue weighted by atomic mass is 16.4. The summed E-state index contributed by atoms with van der Waals surface area (Å²) < 4.78 is 0. The molecule has 1 heterocycles. The summed E-state index contributed by atoms with van der Waals surface area (Å²) in [4.78, 5) is 14.9. The van der Waals surface area contributed by atoms with E-state index in [2.05, 4.69) is 18.7 Å². The molecule has 1 atom stereocenters. The summed E-state index contributed by atoms with van der Waals surface area (Å²) in [6.07, 6.45) is 1.09. The maximum Gasteiger partial charge on any atom is 0.317 e. The molecule has 88 valence electrons. The zero-order chi connectivity index (χ0) is 11.4. The Morgan fingerprint density at radius 3 is 2.80 bits per heavy atom. The van der Waals surface area contributed by atoms with Gasteiger partial charge in [0.05, 0.1) is 6.54 Å². The summed E-state index contributed by atoms with van der Waals surface area (Å²) >= 11 is 0. The normalized spacial score (nSPS) is 22.9. The molecule has 1 aliphatic heterocycles. The number of carboxylic acid groups (broad SMARTS) is 1. The summed E-state index contributed by atoms with van der Waals surface area (Å²) in [6.45, 7) is 7.83. The van der Waals surface area contributed by atoms with Crippen LogP contribution < -0.4 is 0 Å². The predicted molar refractivity (Wildman–Crippen MR) is 59.9 cm³/mol. The van der Waals surface area contributed by atoms with Crippen molar-refractivity contribution in [2.45, 2.75) is 26.3 Å². The standard InChI is InChI=1S/C11H22N2O2/c1-9(2)6-13-5-4-10(7-13)12(3)8-11(14)15/h9-10H,4-8H2,1-3H3,(H,14,15). The molecule has 0 radical (unpaired) electrons. The van der Waals surface area contributed by atoms with Crippen LogP contribution in [0.2, 0.25) is 0 Å². The lowest BCUT2D eigenvalue weighted by molar-refractivity contribution is -0.138. The predicted octanol–water partition coefficient (Wildman–Crippen LogP) is 0.733. The third-order valence-corrected chi connectivity index (χ3v) is 2.88. The topological polar surface area (TPSA) is 43.8 Å². The van der Waals surface area contributed by atoms with Gasteiger partial charge in [-0.15, -0.1) is 0 Å². The van der Waals surface area contributed by atoms with Gasteiger partial charge in [-0.25, -0.2) is 0 Å². The fraction of sp³-hybridized carbons (Fsp3) is 0.909. The van der Waals surface area contributed by atoms with Crippen LogP contribution in [-0.4, -0.2) is 60.1 Å². The van der Waals surface area contributed by atoms with Crippen LogP contribution in [0, 0.1) is 5.92 Å². The molecule has 4 nitrogen and oxygen atoms in total. The van der Waals surface area contributed by atoms with E-state index >= 15 is 0 Å². The highest BCUT2D eigenvalue weighted by Gasteiger charge is 2.26. The van der Waals surface area contributed by atoms with Crippen LogP contribution >= 0.6 is 0 Å². The van der Waals surface area contributed by atoms with Crippen LogP contribution in [0.1, 0.15) is 20.3 Å². The van der Waals surface area contributed by atoms with E-state index in [4.69, 9.17) is 5.11 Å². The lowest BCUT2D eigenvalue weighted by Gasteiger charge is -2.23. The van der Waals surface area contributed by atoms with Crippen LogP contribution in [0.4, 0.5) is 0 Å². The molecular weight excluding hydrogens is 192 g/mol. The summed E-state index contributed by atoms with van der Waals surface area (Å²) in [5.41, 5.74) is 0. The van der Waals surface area contributed by atoms with Crippen molar-refractivity contribution in [3.8, 4) is 0 Å². The van der Waals surface area contributed by atoms with Crippen molar-refractivity contribution in [1.82, 2.24) is 9.80 Å². The fourth-order valence-corrected chi connectivity index (χ4v) is 2.20. The summed E-state index contributed by atoms with van der Waals surface area (Å²) in [5.74, 6) is -0.0478. The number of rotatable bonds is 5. The van der Waals surface area contributed by atoms with Gasteiger partial charge in [-0.1, -0.05) is 13.8 Å². The van der Waals surface area contributed by atoms with E-state index in [1.807, 2.05) is 11.9 Å². The number of likely N-dealkylation sites (N-methyl/N-ethyl adjacent to an activating group) is 1. The van der Waals surface area contributed by atoms with Crippen molar-refractivity contribution in [1.29, 1.82) is 0 Å². The molecule has 0 saturated carbocycles. The monoisotopic (exact) mass is 214 g/mol. The number of nitrogens with zero attached hydrogens (tertiary/aromatic N) is 2. The minimum atomic E-state index is -0.736. The zero-order valence-corrected chi connectivity index (χ0v) is 9.94. The summed E-state index contributed by atoms with van der Waals surface area (Å²) in [5, 5.41) is 8.70. The Balaban J connectivity index is 2.32. The van der Waals surface area contributed by atoms with Crippen LogP contribution in [0.25, 0.3) is 0 Å². The van der Waals surface area contributed by atoms with Crippen LogP contribution in [-0.2, 0) is 4.79 Å². The Bertz CT molecular complexity index is 219. The van der Waals surface area contributed by atoms with E-state index in [-0.39, 0.29) is 6.54 Å². The molecular formula is C11H22N2O2. The summed E-state index contributed by atoms with van der Waals surface area (Å²) in [6, 6.07) is 0.417. The number of hydrogen-bond donors (Lipinski definition) is 1. The van der Waals surface area contributed by atoms with Crippen molar-refractivity contribution in [2.24, 2.45) is 5.92 Å². The first-order chi connectivity index (χ1) is 6.99. The van der Waals surface area contributed by atoms with Gasteiger partial charge in [0.15, 0.2) is 0 Å². The molecule has 0 aliphatic carbocycles. The Kier molecular flexibility index (Phi) is 4.54. The molecule has 15 heavy (non-hydrogen) atoms. The second-order valence-electron chi connectivity index (χ2n) is 4.90. The third-order valence-electron chi connectivity index (χ3n) is 2.88. The second-order valence-corrected chi connectivity index (χ2v) is 4.90. The zero-order valence-electron chi connectivity index (χ0n) is 9.94. The van der Waals surface area contributed by atoms with Crippen molar-refractivity contribution in [3.05, 3.63) is 0 Å². The van der Waals surface area contributed by atoms with E-state index < -0.39 is 5.97 Å². The molecule has 0 amide bonds. The van der Waals surface area contributed by atoms with Gasteiger partial charge in [0.25, 0.3) is 0 Å². The highest BCUT2D eigenvalue weighted by molar-refractivity contribution is 5.69. The van der Waals surface area contributed by atoms with E-state index in [0.717, 1.165) is 26.1 Å². The van der Waals surface area contributed by atoms with Gasteiger partial charge in [-0.2, -0.15) is 0 Å². The third kappa shape index (κ3) is 4.18. The number of hydrogen-bond acceptors (Lipinski definition) is 3. The average molecular weight is 214 g/mol. The fourth-order valence-electron chi connectivity index (χ4n) is 2.20. The van der Waals surface area contributed by atoms with Crippen molar-refractivity contribution < 1.29 is 9.90 Å². The smallest absolute Gasteiger partial charge is 0.317 e. The van der Waals surface area contributed by atoms with Crippen molar-refractivity contribution in [3.63, 3.8) is 0 Å². The number of aliphatic carboxylic acids is 1. The lowest BCUT2D eigenvalue weighted by atomic mass is 10.2. The average Bonchev–Trinajstić information content (AvgIpc) is 2.50. The second kappa shape index (κ2) is 5.47. The van der Waals surface area contributed by atoms with E-state index in [0.29, 0.717) is 12.0 Å². The van der Waals surface area contributed by atoms with Gasteiger partial charge in [0, 0.05) is 19.1 Å². The van der Waals surface area contributed by atoms with Gasteiger partial charge in [-0.05, 0) is 25.9 Å². The molecule has 1 aliphatic rings. The van der Waals surface area contributed by atoms with E-state index in [9.17, 15) is 4.79 Å². The molecule has 1 saturated heterocycles. The first-order valence-electron chi connectivity index (χ1n) is 5.63. The maximum absolute atomic E-state index is 10.6. The van der Waals surface area contributed by atoms with Crippen molar-refractivity contribution >= 4 is 5.97 Å². The highest BCUT2D eigenvalue weighted by Crippen LogP contribution is 2.15. The van der Waals surface area contributed by atoms with Gasteiger partial charge < -0.3 is 10.0 Å². The minimum Gasteiger partial charge on any atom is -0.480 e. The molecule has 0 aromatic carbocycles. The maximum atomic E-state index is 10.6.